The van der Waals surface area contributed by atoms with Gasteiger partial charge in [-0.05, 0) is 89.9 Å². The predicted molar refractivity (Wildman–Crippen MR) is 270 cm³/mol. The number of unbranched alkanes of at least 4 members (excludes halogenated alkanes) is 30. The van der Waals surface area contributed by atoms with Crippen LogP contribution in [0.4, 0.5) is 0 Å². The summed E-state index contributed by atoms with van der Waals surface area (Å²) in [5.41, 5.74) is 0. The molecule has 0 rings (SSSR count). The molecule has 0 heterocycles. The second-order valence-corrected chi connectivity index (χ2v) is 18.1. The second kappa shape index (κ2) is 52.0. The van der Waals surface area contributed by atoms with Crippen molar-refractivity contribution in [2.24, 2.45) is 0 Å². The molecule has 0 aromatic carbocycles. The van der Waals surface area contributed by atoms with Crippen LogP contribution in [0.1, 0.15) is 278 Å². The highest BCUT2D eigenvalue weighted by Gasteiger charge is 2.19. The van der Waals surface area contributed by atoms with E-state index in [0.717, 1.165) is 83.5 Å². The van der Waals surface area contributed by atoms with Crippen molar-refractivity contribution in [3.05, 3.63) is 48.6 Å². The number of hydrogen-bond acceptors (Lipinski definition) is 6. The number of allylic oxidation sites excluding steroid dienone is 8. The Morgan fingerprint density at radius 3 is 0.937 bits per heavy atom. The lowest BCUT2D eigenvalue weighted by atomic mass is 10.0. The summed E-state index contributed by atoms with van der Waals surface area (Å²) < 4.78 is 16.8. The first-order valence-corrected chi connectivity index (χ1v) is 27.1. The van der Waals surface area contributed by atoms with Gasteiger partial charge in [-0.1, -0.05) is 217 Å². The van der Waals surface area contributed by atoms with Crippen LogP contribution in [0.25, 0.3) is 0 Å². The van der Waals surface area contributed by atoms with Gasteiger partial charge in [0.1, 0.15) is 13.2 Å². The number of carbonyl (C=O) groups excluding carboxylic acids is 3. The molecule has 0 aliphatic heterocycles. The molecule has 0 fully saturated rings. The molecule has 63 heavy (non-hydrogen) atoms. The summed E-state index contributed by atoms with van der Waals surface area (Å²) in [4.78, 5) is 37.9. The molecule has 0 bridgehead atoms. The minimum absolute atomic E-state index is 0.0792. The van der Waals surface area contributed by atoms with Gasteiger partial charge >= 0.3 is 17.9 Å². The van der Waals surface area contributed by atoms with Gasteiger partial charge in [-0.15, -0.1) is 0 Å². The van der Waals surface area contributed by atoms with Gasteiger partial charge in [0.05, 0.1) is 0 Å². The van der Waals surface area contributed by atoms with Gasteiger partial charge in [0.2, 0.25) is 0 Å². The zero-order valence-electron chi connectivity index (χ0n) is 41.8. The first kappa shape index (κ1) is 60.4. The SMILES string of the molecule is CCCC/C=C\CCCCCCCC(=O)OCC(COC(=O)CCCCCCCCCCCCC/C=C\C/C=C\CCCCCCC)OC(=O)CCCCCCC/C=C\CCCC. The monoisotopic (exact) mass is 883 g/mol. The number of rotatable bonds is 49. The summed E-state index contributed by atoms with van der Waals surface area (Å²) in [7, 11) is 0. The van der Waals surface area contributed by atoms with E-state index >= 15 is 0 Å². The van der Waals surface area contributed by atoms with Crippen LogP contribution in [-0.2, 0) is 28.6 Å². The van der Waals surface area contributed by atoms with Crippen molar-refractivity contribution in [2.75, 3.05) is 13.2 Å². The zero-order chi connectivity index (χ0) is 45.8. The first-order chi connectivity index (χ1) is 31.0. The van der Waals surface area contributed by atoms with Crippen molar-refractivity contribution in [1.29, 1.82) is 0 Å². The van der Waals surface area contributed by atoms with E-state index in [1.54, 1.807) is 0 Å². The minimum Gasteiger partial charge on any atom is -0.462 e. The first-order valence-electron chi connectivity index (χ1n) is 27.1. The maximum absolute atomic E-state index is 12.8. The van der Waals surface area contributed by atoms with Crippen LogP contribution < -0.4 is 0 Å². The van der Waals surface area contributed by atoms with Gasteiger partial charge in [-0.3, -0.25) is 14.4 Å². The van der Waals surface area contributed by atoms with Gasteiger partial charge in [0.15, 0.2) is 6.10 Å². The molecule has 0 aliphatic carbocycles. The number of esters is 3. The summed E-state index contributed by atoms with van der Waals surface area (Å²) in [6.45, 7) is 6.55. The molecule has 0 aromatic rings. The quantitative estimate of drug-likeness (QED) is 0.0262. The average Bonchev–Trinajstić information content (AvgIpc) is 3.28. The second-order valence-electron chi connectivity index (χ2n) is 18.1. The normalized spacial score (nSPS) is 12.4. The van der Waals surface area contributed by atoms with E-state index in [4.69, 9.17) is 14.2 Å². The maximum atomic E-state index is 12.8. The summed E-state index contributed by atoms with van der Waals surface area (Å²) in [6.07, 6.45) is 62.5. The van der Waals surface area contributed by atoms with Gasteiger partial charge < -0.3 is 14.2 Å². The highest BCUT2D eigenvalue weighted by atomic mass is 16.6. The van der Waals surface area contributed by atoms with Crippen molar-refractivity contribution in [3.63, 3.8) is 0 Å². The Morgan fingerprint density at radius 2 is 0.587 bits per heavy atom. The predicted octanol–water partition coefficient (Wildman–Crippen LogP) is 17.9. The van der Waals surface area contributed by atoms with Crippen LogP contribution in [-0.4, -0.2) is 37.2 Å². The fourth-order valence-corrected chi connectivity index (χ4v) is 7.61. The van der Waals surface area contributed by atoms with Crippen LogP contribution in [0, 0.1) is 0 Å². The molecule has 6 nitrogen and oxygen atoms in total. The standard InChI is InChI=1S/C57H102O6/c1-4-7-10-13-16-19-22-23-24-25-26-27-28-29-30-31-32-33-36-38-41-44-47-50-56(59)62-53-54(63-57(60)51-48-45-42-39-35-21-18-15-12-9-6-3)52-61-55(58)49-46-43-40-37-34-20-17-14-11-8-5-2/h14-15,17-18,22-23,25-26,54H,4-13,16,19-21,24,27-53H2,1-3H3/b17-14-,18-15-,23-22-,26-25-. The van der Waals surface area contributed by atoms with Crippen LogP contribution in [0.5, 0.6) is 0 Å². The summed E-state index contributed by atoms with van der Waals surface area (Å²) in [5.74, 6) is -0.895. The van der Waals surface area contributed by atoms with E-state index < -0.39 is 6.10 Å². The van der Waals surface area contributed by atoms with Crippen LogP contribution in [0.3, 0.4) is 0 Å². The molecule has 0 aliphatic rings. The molecule has 0 aromatic heterocycles. The number of carbonyl (C=O) groups is 3. The lowest BCUT2D eigenvalue weighted by Gasteiger charge is -2.18. The lowest BCUT2D eigenvalue weighted by Crippen LogP contribution is -2.30. The van der Waals surface area contributed by atoms with Crippen molar-refractivity contribution < 1.29 is 28.6 Å². The van der Waals surface area contributed by atoms with Crippen molar-refractivity contribution in [2.45, 2.75) is 284 Å². The molecular formula is C57H102O6. The topological polar surface area (TPSA) is 78.9 Å². The van der Waals surface area contributed by atoms with E-state index in [1.807, 2.05) is 0 Å². The lowest BCUT2D eigenvalue weighted by molar-refractivity contribution is -0.167. The Kier molecular flexibility index (Phi) is 49.8. The Balaban J connectivity index is 4.23. The molecule has 1 atom stereocenters. The molecule has 0 N–H and O–H groups in total. The molecule has 0 amide bonds. The molecular weight excluding hydrogens is 781 g/mol. The van der Waals surface area contributed by atoms with Gasteiger partial charge in [0.25, 0.3) is 0 Å². The molecule has 366 valence electrons. The molecule has 1 unspecified atom stereocenters. The summed E-state index contributed by atoms with van der Waals surface area (Å²) >= 11 is 0. The Morgan fingerprint density at radius 1 is 0.317 bits per heavy atom. The van der Waals surface area contributed by atoms with E-state index in [0.29, 0.717) is 19.3 Å². The van der Waals surface area contributed by atoms with Crippen LogP contribution in [0.15, 0.2) is 48.6 Å². The third-order valence-corrected chi connectivity index (χ3v) is 11.8. The highest BCUT2D eigenvalue weighted by Crippen LogP contribution is 2.15. The van der Waals surface area contributed by atoms with Crippen LogP contribution >= 0.6 is 0 Å². The van der Waals surface area contributed by atoms with Gasteiger partial charge in [-0.2, -0.15) is 0 Å². The Bertz CT molecular complexity index is 1110. The van der Waals surface area contributed by atoms with Crippen molar-refractivity contribution in [3.8, 4) is 0 Å². The van der Waals surface area contributed by atoms with Crippen molar-refractivity contribution in [1.82, 2.24) is 0 Å². The Hall–Kier alpha value is -2.63. The zero-order valence-corrected chi connectivity index (χ0v) is 41.8. The van der Waals surface area contributed by atoms with Gasteiger partial charge in [0, 0.05) is 19.3 Å². The van der Waals surface area contributed by atoms with E-state index in [2.05, 4.69) is 69.4 Å². The molecule has 0 spiro atoms. The largest absolute Gasteiger partial charge is 0.462 e. The van der Waals surface area contributed by atoms with E-state index in [1.165, 1.54) is 154 Å². The molecule has 0 radical (unpaired) electrons. The van der Waals surface area contributed by atoms with E-state index in [9.17, 15) is 14.4 Å². The van der Waals surface area contributed by atoms with Crippen molar-refractivity contribution >= 4 is 17.9 Å². The minimum atomic E-state index is -0.779. The molecule has 0 saturated heterocycles. The molecule has 6 heteroatoms. The maximum Gasteiger partial charge on any atom is 0.306 e. The summed E-state index contributed by atoms with van der Waals surface area (Å²) in [5, 5.41) is 0. The average molecular weight is 883 g/mol. The fraction of sp³-hybridized carbons (Fsp3) is 0.807. The smallest absolute Gasteiger partial charge is 0.306 e. The number of ether oxygens (including phenoxy) is 3. The fourth-order valence-electron chi connectivity index (χ4n) is 7.61. The van der Waals surface area contributed by atoms with E-state index in [-0.39, 0.29) is 31.1 Å². The third kappa shape index (κ3) is 50.2. The highest BCUT2D eigenvalue weighted by molar-refractivity contribution is 5.71. The Labute approximate surface area is 390 Å². The van der Waals surface area contributed by atoms with Crippen LogP contribution in [0.2, 0.25) is 0 Å². The summed E-state index contributed by atoms with van der Waals surface area (Å²) in [6, 6.07) is 0. The van der Waals surface area contributed by atoms with Gasteiger partial charge in [-0.25, -0.2) is 0 Å². The number of hydrogen-bond donors (Lipinski definition) is 0. The molecule has 0 saturated carbocycles. The third-order valence-electron chi connectivity index (χ3n) is 11.8.